The van der Waals surface area contributed by atoms with Gasteiger partial charge in [-0.1, -0.05) is 32.9 Å². The van der Waals surface area contributed by atoms with Crippen molar-refractivity contribution in [1.29, 1.82) is 0 Å². The van der Waals surface area contributed by atoms with E-state index in [9.17, 15) is 21.6 Å². The van der Waals surface area contributed by atoms with Crippen molar-refractivity contribution in [2.24, 2.45) is 5.41 Å². The average Bonchev–Trinajstić information content (AvgIpc) is 2.34. The first-order valence-corrected chi connectivity index (χ1v) is 9.78. The van der Waals surface area contributed by atoms with E-state index in [2.05, 4.69) is 27.4 Å². The smallest absolute Gasteiger partial charge is 0.276 e. The molecule has 0 aliphatic carbocycles. The molecule has 0 saturated carbocycles. The summed E-state index contributed by atoms with van der Waals surface area (Å²) in [6, 6.07) is 6.10. The molecule has 8 heteroatoms. The van der Waals surface area contributed by atoms with Gasteiger partial charge in [-0.2, -0.15) is 21.6 Å². The van der Waals surface area contributed by atoms with Crippen LogP contribution in [-0.4, -0.2) is 20.6 Å². The SMILES string of the molecule is CPC(CC(C)(C)C)c1ccc(NS(=O)(=O)C(F)(F)F)cc1. The minimum Gasteiger partial charge on any atom is -0.276 e. The van der Waals surface area contributed by atoms with Gasteiger partial charge in [-0.3, -0.25) is 4.72 Å². The summed E-state index contributed by atoms with van der Waals surface area (Å²) in [5.74, 6) is 0. The number of hydrogen-bond donors (Lipinski definition) is 1. The molecule has 0 aromatic heterocycles. The number of alkyl halides is 3. The maximum absolute atomic E-state index is 12.3. The predicted octanol–water partition coefficient (Wildman–Crippen LogP) is 4.73. The second kappa shape index (κ2) is 6.75. The third kappa shape index (κ3) is 5.43. The molecule has 1 rings (SSSR count). The third-order valence-corrected chi connectivity index (χ3v) is 5.38. The first-order valence-electron chi connectivity index (χ1n) is 6.72. The Hall–Kier alpha value is -0.810. The van der Waals surface area contributed by atoms with Crippen LogP contribution in [0.4, 0.5) is 18.9 Å². The monoisotopic (exact) mass is 355 g/mol. The molecule has 0 heterocycles. The number of halogens is 3. The van der Waals surface area contributed by atoms with Crippen molar-refractivity contribution >= 4 is 24.3 Å². The molecule has 3 nitrogen and oxygen atoms in total. The number of anilines is 1. The normalized spacial score (nSPS) is 15.2. The summed E-state index contributed by atoms with van der Waals surface area (Å²) in [5, 5.41) is 0. The minimum absolute atomic E-state index is 0.0879. The van der Waals surface area contributed by atoms with Crippen LogP contribution in [0.25, 0.3) is 0 Å². The third-order valence-electron chi connectivity index (χ3n) is 3.03. The van der Waals surface area contributed by atoms with E-state index >= 15 is 0 Å². The summed E-state index contributed by atoms with van der Waals surface area (Å²) in [5.41, 5.74) is -3.94. The second-order valence-corrected chi connectivity index (χ2v) is 9.23. The Morgan fingerprint density at radius 1 is 1.14 bits per heavy atom. The zero-order valence-corrected chi connectivity index (χ0v) is 14.8. The van der Waals surface area contributed by atoms with Crippen LogP contribution in [0, 0.1) is 5.41 Å². The molecular formula is C14H21F3NO2PS. The fourth-order valence-electron chi connectivity index (χ4n) is 2.00. The Morgan fingerprint density at radius 3 is 2.00 bits per heavy atom. The molecule has 0 bridgehead atoms. The molecule has 1 aromatic carbocycles. The lowest BCUT2D eigenvalue weighted by Crippen LogP contribution is -2.29. The van der Waals surface area contributed by atoms with Crippen LogP contribution < -0.4 is 4.72 Å². The summed E-state index contributed by atoms with van der Waals surface area (Å²) in [6.45, 7) is 8.47. The Bertz CT molecular complexity index is 592. The summed E-state index contributed by atoms with van der Waals surface area (Å²) in [4.78, 5) is 0. The Balaban J connectivity index is 2.91. The number of benzene rings is 1. The molecule has 126 valence electrons. The van der Waals surface area contributed by atoms with Crippen molar-refractivity contribution in [1.82, 2.24) is 0 Å². The van der Waals surface area contributed by atoms with Gasteiger partial charge in [0.25, 0.3) is 0 Å². The van der Waals surface area contributed by atoms with Gasteiger partial charge in [0.2, 0.25) is 0 Å². The highest BCUT2D eigenvalue weighted by Crippen LogP contribution is 2.41. The largest absolute Gasteiger partial charge is 0.516 e. The van der Waals surface area contributed by atoms with Crippen LogP contribution in [-0.2, 0) is 10.0 Å². The van der Waals surface area contributed by atoms with Crippen LogP contribution >= 0.6 is 8.58 Å². The molecule has 0 fully saturated rings. The van der Waals surface area contributed by atoms with Gasteiger partial charge in [0.1, 0.15) is 0 Å². The number of rotatable bonds is 5. The van der Waals surface area contributed by atoms with Crippen molar-refractivity contribution in [3.05, 3.63) is 29.8 Å². The zero-order valence-electron chi connectivity index (χ0n) is 13.0. The molecule has 0 radical (unpaired) electrons. The summed E-state index contributed by atoms with van der Waals surface area (Å²) in [7, 11) is -4.71. The highest BCUT2D eigenvalue weighted by Gasteiger charge is 2.46. The lowest BCUT2D eigenvalue weighted by atomic mass is 9.88. The molecule has 22 heavy (non-hydrogen) atoms. The van der Waals surface area contributed by atoms with Crippen molar-refractivity contribution in [3.8, 4) is 0 Å². The Morgan fingerprint density at radius 2 is 1.64 bits per heavy atom. The van der Waals surface area contributed by atoms with Gasteiger partial charge < -0.3 is 0 Å². The van der Waals surface area contributed by atoms with Crippen LogP contribution in [0.15, 0.2) is 24.3 Å². The first-order chi connectivity index (χ1) is 9.86. The maximum Gasteiger partial charge on any atom is 0.516 e. The average molecular weight is 355 g/mol. The Labute approximate surface area is 131 Å². The van der Waals surface area contributed by atoms with Gasteiger partial charge >= 0.3 is 15.5 Å². The molecule has 0 spiro atoms. The lowest BCUT2D eigenvalue weighted by Gasteiger charge is -2.25. The molecular weight excluding hydrogens is 334 g/mol. The number of hydrogen-bond acceptors (Lipinski definition) is 2. The van der Waals surface area contributed by atoms with Gasteiger partial charge in [0.05, 0.1) is 0 Å². The number of sulfonamides is 1. The maximum atomic E-state index is 12.3. The van der Waals surface area contributed by atoms with Gasteiger partial charge in [-0.05, 0) is 36.2 Å². The lowest BCUT2D eigenvalue weighted by molar-refractivity contribution is -0.0429. The molecule has 1 N–H and O–H groups in total. The molecule has 0 saturated heterocycles. The first kappa shape index (κ1) is 19.2. The van der Waals surface area contributed by atoms with E-state index in [1.165, 1.54) is 12.1 Å². The van der Waals surface area contributed by atoms with Gasteiger partial charge in [-0.25, -0.2) is 0 Å². The zero-order chi connectivity index (χ0) is 17.2. The highest BCUT2D eigenvalue weighted by molar-refractivity contribution is 7.93. The van der Waals surface area contributed by atoms with E-state index in [0.29, 0.717) is 14.2 Å². The van der Waals surface area contributed by atoms with E-state index in [0.717, 1.165) is 12.0 Å². The fraction of sp³-hybridized carbons (Fsp3) is 0.571. The van der Waals surface area contributed by atoms with Gasteiger partial charge in [-0.15, -0.1) is 8.58 Å². The van der Waals surface area contributed by atoms with E-state index in [1.807, 2.05) is 0 Å². The number of nitrogens with one attached hydrogen (secondary N) is 1. The van der Waals surface area contributed by atoms with Crippen molar-refractivity contribution in [2.75, 3.05) is 11.4 Å². The molecule has 2 atom stereocenters. The Kier molecular flexibility index (Phi) is 5.90. The van der Waals surface area contributed by atoms with Crippen LogP contribution in [0.2, 0.25) is 0 Å². The summed E-state index contributed by atoms with van der Waals surface area (Å²) in [6.07, 6.45) is 0.954. The minimum atomic E-state index is -5.37. The van der Waals surface area contributed by atoms with Crippen LogP contribution in [0.3, 0.4) is 0 Å². The molecule has 1 aromatic rings. The topological polar surface area (TPSA) is 46.2 Å². The summed E-state index contributed by atoms with van der Waals surface area (Å²) >= 11 is 0. The summed E-state index contributed by atoms with van der Waals surface area (Å²) < 4.78 is 60.6. The van der Waals surface area contributed by atoms with E-state index in [-0.39, 0.29) is 11.1 Å². The fourth-order valence-corrected chi connectivity index (χ4v) is 3.90. The van der Waals surface area contributed by atoms with E-state index in [1.54, 1.807) is 16.9 Å². The predicted molar refractivity (Wildman–Crippen MR) is 86.1 cm³/mol. The molecule has 0 aliphatic heterocycles. The molecule has 0 aliphatic rings. The standard InChI is InChI=1S/C14H21F3NO2PS/c1-13(2,3)9-12(21-4)10-5-7-11(8-6-10)18-22(19,20)14(15,16)17/h5-8,12,18,21H,9H2,1-4H3. The quantitative estimate of drug-likeness (QED) is 0.776. The van der Waals surface area contributed by atoms with Crippen molar-refractivity contribution in [2.45, 2.75) is 38.4 Å². The highest BCUT2D eigenvalue weighted by atomic mass is 32.2. The van der Waals surface area contributed by atoms with Crippen LogP contribution in [0.1, 0.15) is 38.4 Å². The second-order valence-electron chi connectivity index (χ2n) is 6.28. The van der Waals surface area contributed by atoms with Crippen molar-refractivity contribution in [3.63, 3.8) is 0 Å². The van der Waals surface area contributed by atoms with Crippen LogP contribution in [0.5, 0.6) is 0 Å². The van der Waals surface area contributed by atoms with Crippen molar-refractivity contribution < 1.29 is 21.6 Å². The van der Waals surface area contributed by atoms with Gasteiger partial charge in [0.15, 0.2) is 0 Å². The van der Waals surface area contributed by atoms with E-state index < -0.39 is 15.5 Å². The van der Waals surface area contributed by atoms with Gasteiger partial charge in [0, 0.05) is 11.3 Å². The van der Waals surface area contributed by atoms with E-state index in [4.69, 9.17) is 0 Å². The molecule has 0 amide bonds. The molecule has 2 unspecified atom stereocenters.